The van der Waals surface area contributed by atoms with Crippen molar-refractivity contribution in [2.75, 3.05) is 26.2 Å². The van der Waals surface area contributed by atoms with Gasteiger partial charge in [-0.3, -0.25) is 4.79 Å². The lowest BCUT2D eigenvalue weighted by molar-refractivity contribution is -0.128. The number of aliphatic hydroxyl groups excluding tert-OH is 1. The maximum Gasteiger partial charge on any atom is 0.321 e. The summed E-state index contributed by atoms with van der Waals surface area (Å²) in [6.45, 7) is 10.7. The second-order valence-corrected chi connectivity index (χ2v) is 16.0. The van der Waals surface area contributed by atoms with Crippen molar-refractivity contribution in [2.24, 2.45) is 17.0 Å². The maximum atomic E-state index is 14.2. The molecule has 1 aliphatic rings. The summed E-state index contributed by atoms with van der Waals surface area (Å²) in [6.07, 6.45) is 0.803. The molecule has 2 aromatic carbocycles. The zero-order valence-corrected chi connectivity index (χ0v) is 30.4. The van der Waals surface area contributed by atoms with E-state index in [0.717, 1.165) is 16.3 Å². The second kappa shape index (κ2) is 17.2. The summed E-state index contributed by atoms with van der Waals surface area (Å²) < 4.78 is 29.0. The summed E-state index contributed by atoms with van der Waals surface area (Å²) in [7, 11) is -4.05. The van der Waals surface area contributed by atoms with Crippen LogP contribution in [0, 0.1) is 18.8 Å². The molecule has 0 spiro atoms. The predicted octanol–water partition coefficient (Wildman–Crippen LogP) is 4.35. The highest BCUT2D eigenvalue weighted by Gasteiger charge is 2.41. The first-order valence-electron chi connectivity index (χ1n) is 16.6. The van der Waals surface area contributed by atoms with Gasteiger partial charge in [-0.2, -0.15) is 4.31 Å². The van der Waals surface area contributed by atoms with Crippen molar-refractivity contribution in [1.29, 1.82) is 0 Å². The van der Waals surface area contributed by atoms with E-state index < -0.39 is 34.1 Å². The van der Waals surface area contributed by atoms with E-state index in [0.29, 0.717) is 31.6 Å². The van der Waals surface area contributed by atoms with E-state index in [-0.39, 0.29) is 42.3 Å². The number of sulfonamides is 1. The van der Waals surface area contributed by atoms with Gasteiger partial charge < -0.3 is 25.4 Å². The molecular formula is C35H48N6O6S2. The summed E-state index contributed by atoms with van der Waals surface area (Å²) in [5.41, 5.74) is 2.19. The highest BCUT2D eigenvalue weighted by molar-refractivity contribution is 7.89. The van der Waals surface area contributed by atoms with Gasteiger partial charge in [-0.25, -0.2) is 18.2 Å². The number of aromatic nitrogens is 1. The van der Waals surface area contributed by atoms with Gasteiger partial charge in [0.05, 0.1) is 40.5 Å². The van der Waals surface area contributed by atoms with Gasteiger partial charge in [0, 0.05) is 31.6 Å². The van der Waals surface area contributed by atoms with E-state index in [9.17, 15) is 23.1 Å². The molecule has 3 aromatic rings. The molecule has 0 saturated carbocycles. The van der Waals surface area contributed by atoms with Crippen LogP contribution in [0.3, 0.4) is 0 Å². The zero-order chi connectivity index (χ0) is 35.7. The van der Waals surface area contributed by atoms with E-state index in [1.807, 2.05) is 70.3 Å². The smallest absolute Gasteiger partial charge is 0.321 e. The van der Waals surface area contributed by atoms with Gasteiger partial charge in [0.25, 0.3) is 0 Å². The lowest BCUT2D eigenvalue weighted by Crippen LogP contribution is -2.57. The molecule has 1 aliphatic heterocycles. The highest BCUT2D eigenvalue weighted by Crippen LogP contribution is 2.24. The van der Waals surface area contributed by atoms with Gasteiger partial charge >= 0.3 is 6.03 Å². The summed E-state index contributed by atoms with van der Waals surface area (Å²) >= 11 is 1.52. The Hall–Kier alpha value is -3.85. The molecule has 2 heterocycles. The van der Waals surface area contributed by atoms with Crippen molar-refractivity contribution in [3.63, 3.8) is 0 Å². The molecule has 0 radical (unpaired) electrons. The molecule has 1 aromatic heterocycles. The third-order valence-corrected chi connectivity index (χ3v) is 11.4. The van der Waals surface area contributed by atoms with Gasteiger partial charge in [-0.1, -0.05) is 81.7 Å². The monoisotopic (exact) mass is 712 g/mol. The van der Waals surface area contributed by atoms with Gasteiger partial charge in [0.1, 0.15) is 6.04 Å². The van der Waals surface area contributed by atoms with Crippen LogP contribution in [0.4, 0.5) is 4.79 Å². The Bertz CT molecular complexity index is 1660. The summed E-state index contributed by atoms with van der Waals surface area (Å²) in [6, 6.07) is 13.4. The number of hydrogen-bond acceptors (Lipinski definition) is 9. The number of oxime groups is 1. The molecule has 266 valence electrons. The maximum absolute atomic E-state index is 14.2. The third-order valence-electron chi connectivity index (χ3n) is 8.71. The van der Waals surface area contributed by atoms with Gasteiger partial charge in [-0.05, 0) is 48.4 Å². The molecule has 2 unspecified atom stereocenters. The summed E-state index contributed by atoms with van der Waals surface area (Å²) in [5.74, 6) is -0.637. The Balaban J connectivity index is 1.59. The molecule has 14 heteroatoms. The molecule has 4 rings (SSSR count). The fraction of sp³-hybridized carbons (Fsp3) is 0.486. The molecular weight excluding hydrogens is 665 g/mol. The Morgan fingerprint density at radius 3 is 2.39 bits per heavy atom. The highest BCUT2D eigenvalue weighted by atomic mass is 32.2. The third kappa shape index (κ3) is 9.87. The lowest BCUT2D eigenvalue weighted by Gasteiger charge is -2.35. The largest absolute Gasteiger partial charge is 0.411 e. The van der Waals surface area contributed by atoms with Crippen LogP contribution in [-0.2, 0) is 27.8 Å². The van der Waals surface area contributed by atoms with E-state index in [1.54, 1.807) is 9.80 Å². The van der Waals surface area contributed by atoms with Crippen molar-refractivity contribution < 1.29 is 28.3 Å². The van der Waals surface area contributed by atoms with E-state index in [2.05, 4.69) is 15.5 Å². The summed E-state index contributed by atoms with van der Waals surface area (Å²) in [4.78, 5) is 35.7. The summed E-state index contributed by atoms with van der Waals surface area (Å²) in [5, 5.41) is 29.5. The van der Waals surface area contributed by atoms with Crippen LogP contribution in [0.15, 0.2) is 70.0 Å². The minimum atomic E-state index is -4.05. The molecule has 4 atom stereocenters. The molecule has 0 bridgehead atoms. The van der Waals surface area contributed by atoms with Gasteiger partial charge in [-0.15, -0.1) is 11.3 Å². The Labute approximate surface area is 293 Å². The van der Waals surface area contributed by atoms with E-state index in [4.69, 9.17) is 5.21 Å². The van der Waals surface area contributed by atoms with Crippen LogP contribution in [-0.4, -0.2) is 100 Å². The van der Waals surface area contributed by atoms with Crippen LogP contribution in [0.5, 0.6) is 0 Å². The van der Waals surface area contributed by atoms with Crippen LogP contribution >= 0.6 is 11.3 Å². The Morgan fingerprint density at radius 2 is 1.80 bits per heavy atom. The zero-order valence-electron chi connectivity index (χ0n) is 28.8. The SMILES string of the molecule is CCC(C)C(C(=O)N[C@@H](Cc1ccccc1)[C@H](O)CN(CC(C)C)S(=O)(=O)c1ccc(/C=N/O)cc1)N1CCN(Cc2csc(C)n2)C1=O. The number of urea groups is 1. The van der Waals surface area contributed by atoms with Crippen LogP contribution in [0.2, 0.25) is 0 Å². The number of aryl methyl sites for hydroxylation is 1. The number of rotatable bonds is 17. The molecule has 3 amide bonds. The number of nitrogens with one attached hydrogen (secondary N) is 1. The fourth-order valence-electron chi connectivity index (χ4n) is 5.99. The number of hydrogen-bond donors (Lipinski definition) is 3. The Kier molecular flexibility index (Phi) is 13.3. The number of nitrogens with zero attached hydrogens (tertiary/aromatic N) is 5. The van der Waals surface area contributed by atoms with Crippen LogP contribution in [0.25, 0.3) is 0 Å². The van der Waals surface area contributed by atoms with Gasteiger partial charge in [0.15, 0.2) is 0 Å². The second-order valence-electron chi connectivity index (χ2n) is 13.0. The van der Waals surface area contributed by atoms with Crippen molar-refractivity contribution in [3.05, 3.63) is 81.8 Å². The van der Waals surface area contributed by atoms with Crippen LogP contribution < -0.4 is 5.32 Å². The quantitative estimate of drug-likeness (QED) is 0.107. The molecule has 12 nitrogen and oxygen atoms in total. The first-order valence-corrected chi connectivity index (χ1v) is 18.9. The van der Waals surface area contributed by atoms with Crippen molar-refractivity contribution in [3.8, 4) is 0 Å². The normalized spacial score (nSPS) is 16.4. The van der Waals surface area contributed by atoms with Crippen molar-refractivity contribution in [1.82, 2.24) is 24.4 Å². The standard InChI is InChI=1S/C35H48N6O6S2/c1-6-25(4)33(41-17-16-39(35(41)44)21-29-23-48-26(5)37-29)34(43)38-31(18-27-10-8-7-9-11-27)32(42)22-40(20-24(2)3)49(46,47)30-14-12-28(13-15-30)19-36-45/h7-15,19,23-25,31-33,42,45H,6,16-18,20-22H2,1-5H3,(H,38,43)/b36-19+/t25?,31-,32+,33?/m0/s1. The number of carbonyl (C=O) groups excluding carboxylic acids is 2. The van der Waals surface area contributed by atoms with Gasteiger partial charge in [0.2, 0.25) is 15.9 Å². The number of benzene rings is 2. The topological polar surface area (TPSA) is 156 Å². The first-order chi connectivity index (χ1) is 23.3. The number of aliphatic hydroxyl groups is 1. The Morgan fingerprint density at radius 1 is 1.10 bits per heavy atom. The average Bonchev–Trinajstić information content (AvgIpc) is 3.65. The average molecular weight is 713 g/mol. The molecule has 49 heavy (non-hydrogen) atoms. The fourth-order valence-corrected chi connectivity index (χ4v) is 8.21. The number of carbonyl (C=O) groups is 2. The predicted molar refractivity (Wildman–Crippen MR) is 190 cm³/mol. The van der Waals surface area contributed by atoms with E-state index in [1.165, 1.54) is 46.1 Å². The molecule has 3 N–H and O–H groups in total. The molecule has 0 aliphatic carbocycles. The molecule has 1 saturated heterocycles. The van der Waals surface area contributed by atoms with E-state index >= 15 is 0 Å². The lowest BCUT2D eigenvalue weighted by atomic mass is 9.95. The number of thiazole rings is 1. The first kappa shape index (κ1) is 38.0. The number of amides is 3. The van der Waals surface area contributed by atoms with Crippen molar-refractivity contribution in [2.45, 2.75) is 77.1 Å². The van der Waals surface area contributed by atoms with Crippen molar-refractivity contribution >= 4 is 39.5 Å². The molecule has 1 fully saturated rings. The van der Waals surface area contributed by atoms with Crippen LogP contribution in [0.1, 0.15) is 55.9 Å². The minimum Gasteiger partial charge on any atom is -0.411 e. The minimum absolute atomic E-state index is 0.0285.